The Balaban J connectivity index is 1.84. The predicted molar refractivity (Wildman–Crippen MR) is 119 cm³/mol. The lowest BCUT2D eigenvalue weighted by Gasteiger charge is -2.28. The van der Waals surface area contributed by atoms with Crippen LogP contribution in [-0.4, -0.2) is 18.4 Å². The van der Waals surface area contributed by atoms with Crippen LogP contribution in [0.25, 0.3) is 0 Å². The molecule has 1 aliphatic rings. The molecule has 3 N–H and O–H groups in total. The first-order chi connectivity index (χ1) is 15.0. The third-order valence-corrected chi connectivity index (χ3v) is 5.20. The zero-order valence-electron chi connectivity index (χ0n) is 17.2. The van der Waals surface area contributed by atoms with Crippen molar-refractivity contribution in [3.8, 4) is 23.3 Å². The molecule has 0 amide bonds. The number of hydrogen-bond acceptors (Lipinski definition) is 6. The van der Waals surface area contributed by atoms with Gasteiger partial charge in [-0.15, -0.1) is 0 Å². The van der Waals surface area contributed by atoms with Crippen LogP contribution >= 0.6 is 0 Å². The van der Waals surface area contributed by atoms with E-state index in [-0.39, 0.29) is 17.2 Å². The zero-order chi connectivity index (χ0) is 22.0. The maximum atomic E-state index is 10.5. The average molecular weight is 411 g/mol. The first-order valence-electron chi connectivity index (χ1n) is 9.70. The summed E-state index contributed by atoms with van der Waals surface area (Å²) >= 11 is 0. The monoisotopic (exact) mass is 411 g/mol. The van der Waals surface area contributed by atoms with Gasteiger partial charge in [-0.05, 0) is 31.2 Å². The number of para-hydroxylation sites is 1. The van der Waals surface area contributed by atoms with Crippen LogP contribution in [0.4, 0.5) is 5.69 Å². The van der Waals surface area contributed by atoms with Crippen molar-refractivity contribution in [3.63, 3.8) is 0 Å². The summed E-state index contributed by atoms with van der Waals surface area (Å²) in [6, 6.07) is 20.6. The van der Waals surface area contributed by atoms with E-state index in [1.807, 2.05) is 55.5 Å². The Morgan fingerprint density at radius 1 is 1.13 bits per heavy atom. The van der Waals surface area contributed by atoms with E-state index >= 15 is 0 Å². The van der Waals surface area contributed by atoms with Gasteiger partial charge in [-0.1, -0.05) is 35.9 Å². The van der Waals surface area contributed by atoms with Crippen molar-refractivity contribution in [2.45, 2.75) is 12.8 Å². The molecule has 0 saturated heterocycles. The van der Waals surface area contributed by atoms with Gasteiger partial charge in [-0.25, -0.2) is 0 Å². The van der Waals surface area contributed by atoms with Gasteiger partial charge in [0.15, 0.2) is 0 Å². The number of aromatic hydroxyl groups is 1. The van der Waals surface area contributed by atoms with Crippen molar-refractivity contribution in [2.75, 3.05) is 7.11 Å². The van der Waals surface area contributed by atoms with Crippen LogP contribution < -0.4 is 15.2 Å². The third kappa shape index (κ3) is 3.81. The maximum absolute atomic E-state index is 10.5. The number of nitriles is 1. The highest BCUT2D eigenvalue weighted by molar-refractivity contribution is 5.86. The van der Waals surface area contributed by atoms with Gasteiger partial charge in [0.25, 0.3) is 0 Å². The van der Waals surface area contributed by atoms with Crippen LogP contribution in [0.1, 0.15) is 28.2 Å². The summed E-state index contributed by atoms with van der Waals surface area (Å²) in [5.74, 6) is 0.520. The number of phenolic OH excluding ortho intramolecular Hbond substituents is 1. The third-order valence-electron chi connectivity index (χ3n) is 5.20. The molecule has 0 bridgehead atoms. The van der Waals surface area contributed by atoms with Gasteiger partial charge in [0.05, 0.1) is 18.7 Å². The summed E-state index contributed by atoms with van der Waals surface area (Å²) in [5, 5.41) is 20.3. The number of rotatable bonds is 4. The molecule has 4 rings (SSSR count). The molecule has 0 aliphatic carbocycles. The van der Waals surface area contributed by atoms with Crippen LogP contribution in [0, 0.1) is 18.3 Å². The molecule has 6 heteroatoms. The van der Waals surface area contributed by atoms with Crippen molar-refractivity contribution in [1.82, 2.24) is 0 Å². The molecule has 154 valence electrons. The standard InChI is InChI=1S/C25H21N3O3/c1-15-7-9-17(10-8-15)28-14-16-11-19-23(12-21(16)29)31-25(27)20(13-26)24(19)18-5-3-4-6-22(18)30-2/h3-12,14,24,29H,27H2,1-2H3. The first-order valence-corrected chi connectivity index (χ1v) is 9.70. The summed E-state index contributed by atoms with van der Waals surface area (Å²) in [5.41, 5.74) is 10.2. The molecule has 0 aromatic heterocycles. The van der Waals surface area contributed by atoms with E-state index in [0.717, 1.165) is 16.8 Å². The van der Waals surface area contributed by atoms with Gasteiger partial charge in [0.1, 0.15) is 28.9 Å². The number of phenols is 1. The lowest BCUT2D eigenvalue weighted by molar-refractivity contribution is 0.382. The zero-order valence-corrected chi connectivity index (χ0v) is 17.2. The molecule has 1 atom stereocenters. The van der Waals surface area contributed by atoms with Crippen LogP contribution in [-0.2, 0) is 0 Å². The van der Waals surface area contributed by atoms with Crippen molar-refractivity contribution < 1.29 is 14.6 Å². The number of aliphatic imine (C=N–C) groups is 1. The number of nitrogens with two attached hydrogens (primary N) is 1. The minimum absolute atomic E-state index is 0.00148. The van der Waals surface area contributed by atoms with Gasteiger partial charge < -0.3 is 20.3 Å². The Hall–Kier alpha value is -4.24. The highest BCUT2D eigenvalue weighted by atomic mass is 16.5. The van der Waals surface area contributed by atoms with Crippen molar-refractivity contribution >= 4 is 11.9 Å². The molecule has 3 aromatic rings. The van der Waals surface area contributed by atoms with Gasteiger partial charge in [-0.2, -0.15) is 5.26 Å². The number of fused-ring (bicyclic) bond motifs is 1. The fourth-order valence-electron chi connectivity index (χ4n) is 3.61. The minimum atomic E-state index is -0.503. The second kappa shape index (κ2) is 8.25. The number of aryl methyl sites for hydroxylation is 1. The normalized spacial score (nSPS) is 15.3. The summed E-state index contributed by atoms with van der Waals surface area (Å²) in [6.07, 6.45) is 1.59. The molecule has 0 radical (unpaired) electrons. The highest BCUT2D eigenvalue weighted by Gasteiger charge is 2.33. The molecule has 31 heavy (non-hydrogen) atoms. The molecule has 0 spiro atoms. The lowest BCUT2D eigenvalue weighted by atomic mass is 9.82. The number of allylic oxidation sites excluding steroid dienone is 1. The van der Waals surface area contributed by atoms with Gasteiger partial charge in [0, 0.05) is 29.0 Å². The highest BCUT2D eigenvalue weighted by Crippen LogP contribution is 2.46. The molecule has 0 fully saturated rings. The van der Waals surface area contributed by atoms with E-state index in [1.54, 1.807) is 19.4 Å². The summed E-state index contributed by atoms with van der Waals surface area (Å²) in [6.45, 7) is 2.01. The number of methoxy groups -OCH3 is 1. The summed E-state index contributed by atoms with van der Waals surface area (Å²) in [4.78, 5) is 4.46. The van der Waals surface area contributed by atoms with Gasteiger partial charge >= 0.3 is 0 Å². The van der Waals surface area contributed by atoms with Crippen LogP contribution in [0.5, 0.6) is 17.2 Å². The van der Waals surface area contributed by atoms with E-state index in [1.165, 1.54) is 6.07 Å². The Bertz CT molecular complexity index is 1240. The van der Waals surface area contributed by atoms with Crippen LogP contribution in [0.3, 0.4) is 0 Å². The average Bonchev–Trinajstić information content (AvgIpc) is 2.78. The molecule has 1 unspecified atom stereocenters. The predicted octanol–water partition coefficient (Wildman–Crippen LogP) is 4.68. The topological polar surface area (TPSA) is 101 Å². The molecular weight excluding hydrogens is 390 g/mol. The van der Waals surface area contributed by atoms with E-state index in [2.05, 4.69) is 11.1 Å². The van der Waals surface area contributed by atoms with E-state index in [9.17, 15) is 10.4 Å². The Morgan fingerprint density at radius 2 is 1.87 bits per heavy atom. The maximum Gasteiger partial charge on any atom is 0.205 e. The van der Waals surface area contributed by atoms with Crippen LogP contribution in [0.2, 0.25) is 0 Å². The second-order valence-corrected chi connectivity index (χ2v) is 7.21. The Morgan fingerprint density at radius 3 is 2.58 bits per heavy atom. The second-order valence-electron chi connectivity index (χ2n) is 7.21. The van der Waals surface area contributed by atoms with Crippen molar-refractivity contribution in [1.29, 1.82) is 5.26 Å². The molecule has 1 aliphatic heterocycles. The number of nitrogens with zero attached hydrogens (tertiary/aromatic N) is 2. The Labute approximate surface area is 180 Å². The molecule has 1 heterocycles. The number of benzene rings is 3. The summed E-state index contributed by atoms with van der Waals surface area (Å²) < 4.78 is 11.2. The quantitative estimate of drug-likeness (QED) is 0.607. The largest absolute Gasteiger partial charge is 0.507 e. The Kier molecular flexibility index (Phi) is 5.33. The van der Waals surface area contributed by atoms with Crippen molar-refractivity contribution in [3.05, 3.63) is 94.4 Å². The van der Waals surface area contributed by atoms with Crippen LogP contribution in [0.15, 0.2) is 77.1 Å². The fraction of sp³-hybridized carbons (Fsp3) is 0.120. The van der Waals surface area contributed by atoms with Gasteiger partial charge in [-0.3, -0.25) is 4.99 Å². The smallest absolute Gasteiger partial charge is 0.205 e. The molecule has 3 aromatic carbocycles. The molecule has 0 saturated carbocycles. The first kappa shape index (κ1) is 20.0. The molecule has 6 nitrogen and oxygen atoms in total. The number of hydrogen-bond donors (Lipinski definition) is 2. The van der Waals surface area contributed by atoms with Gasteiger partial charge in [0.2, 0.25) is 5.88 Å². The minimum Gasteiger partial charge on any atom is -0.507 e. The number of ether oxygens (including phenoxy) is 2. The fourth-order valence-corrected chi connectivity index (χ4v) is 3.61. The molecular formula is C25H21N3O3. The van der Waals surface area contributed by atoms with E-state index in [4.69, 9.17) is 15.2 Å². The summed E-state index contributed by atoms with van der Waals surface area (Å²) in [7, 11) is 1.58. The SMILES string of the molecule is COc1ccccc1C1C(C#N)=C(N)Oc2cc(O)c(C=Nc3ccc(C)cc3)cc21. The van der Waals surface area contributed by atoms with E-state index < -0.39 is 5.92 Å². The lowest BCUT2D eigenvalue weighted by Crippen LogP contribution is -2.21. The van der Waals surface area contributed by atoms with Crippen molar-refractivity contribution in [2.24, 2.45) is 10.7 Å². The van der Waals surface area contributed by atoms with E-state index in [0.29, 0.717) is 22.6 Å².